The van der Waals surface area contributed by atoms with Gasteiger partial charge in [-0.3, -0.25) is 0 Å². The van der Waals surface area contributed by atoms with Gasteiger partial charge < -0.3 is 9.15 Å². The van der Waals surface area contributed by atoms with Crippen LogP contribution in [0.3, 0.4) is 0 Å². The number of ether oxygens (including phenoxy) is 1. The molecule has 3 aromatic carbocycles. The van der Waals surface area contributed by atoms with Gasteiger partial charge in [0.15, 0.2) is 0 Å². The van der Waals surface area contributed by atoms with Crippen LogP contribution in [-0.4, -0.2) is 14.8 Å². The van der Waals surface area contributed by atoms with Crippen LogP contribution < -0.4 is 4.74 Å². The van der Waals surface area contributed by atoms with Crippen LogP contribution in [-0.2, 0) is 0 Å². The van der Waals surface area contributed by atoms with E-state index in [1.807, 2.05) is 77.7 Å². The van der Waals surface area contributed by atoms with E-state index in [4.69, 9.17) is 9.15 Å². The molecule has 0 saturated heterocycles. The second-order valence-corrected chi connectivity index (χ2v) is 7.25. The molecule has 0 atom stereocenters. The molecule has 6 aromatic rings. The van der Waals surface area contributed by atoms with Crippen LogP contribution in [0.1, 0.15) is 0 Å². The van der Waals surface area contributed by atoms with Gasteiger partial charge in [-0.2, -0.15) is 5.10 Å². The van der Waals surface area contributed by atoms with E-state index >= 15 is 0 Å². The first-order valence-electron chi connectivity index (χ1n) is 9.99. The van der Waals surface area contributed by atoms with E-state index in [-0.39, 0.29) is 0 Å². The van der Waals surface area contributed by atoms with Crippen LogP contribution in [0, 0.1) is 0 Å². The van der Waals surface area contributed by atoms with Crippen LogP contribution in [0.15, 0.2) is 108 Å². The zero-order chi connectivity index (χ0) is 20.6. The smallest absolute Gasteiger partial charge is 0.219 e. The van der Waals surface area contributed by atoms with Gasteiger partial charge in [-0.15, -0.1) is 0 Å². The molecule has 148 valence electrons. The van der Waals surface area contributed by atoms with Crippen molar-refractivity contribution in [3.05, 3.63) is 104 Å². The number of pyridine rings is 1. The molecule has 0 bridgehead atoms. The van der Waals surface area contributed by atoms with Gasteiger partial charge in [-0.25, -0.2) is 9.67 Å². The molecule has 0 aliphatic heterocycles. The maximum absolute atomic E-state index is 6.03. The molecule has 0 amide bonds. The Kier molecular flexibility index (Phi) is 4.03. The fourth-order valence-corrected chi connectivity index (χ4v) is 3.74. The molecule has 31 heavy (non-hydrogen) atoms. The highest BCUT2D eigenvalue weighted by Gasteiger charge is 2.10. The number of benzene rings is 3. The molecular weight excluding hydrogens is 386 g/mol. The topological polar surface area (TPSA) is 53.1 Å². The van der Waals surface area contributed by atoms with Gasteiger partial charge in [0.05, 0.1) is 11.9 Å². The predicted octanol–water partition coefficient (Wildman–Crippen LogP) is 6.63. The summed E-state index contributed by atoms with van der Waals surface area (Å²) in [6.45, 7) is 0. The second-order valence-electron chi connectivity index (χ2n) is 7.25. The fourth-order valence-electron chi connectivity index (χ4n) is 3.74. The highest BCUT2D eigenvalue weighted by atomic mass is 16.5. The molecule has 5 heteroatoms. The van der Waals surface area contributed by atoms with Crippen molar-refractivity contribution in [1.82, 2.24) is 14.8 Å². The summed E-state index contributed by atoms with van der Waals surface area (Å²) in [7, 11) is 0. The van der Waals surface area contributed by atoms with Crippen LogP contribution in [0.25, 0.3) is 38.8 Å². The Labute approximate surface area is 178 Å². The summed E-state index contributed by atoms with van der Waals surface area (Å²) in [5.41, 5.74) is 4.74. The number of para-hydroxylation sites is 1. The Morgan fingerprint density at radius 1 is 0.742 bits per heavy atom. The van der Waals surface area contributed by atoms with E-state index in [9.17, 15) is 0 Å². The molecule has 0 N–H and O–H groups in total. The molecule has 0 unspecified atom stereocenters. The average Bonchev–Trinajstić information content (AvgIpc) is 3.45. The molecule has 0 radical (unpaired) electrons. The normalized spacial score (nSPS) is 11.2. The van der Waals surface area contributed by atoms with Gasteiger partial charge in [-0.05, 0) is 42.0 Å². The van der Waals surface area contributed by atoms with E-state index in [1.54, 1.807) is 6.20 Å². The highest BCUT2D eigenvalue weighted by Crippen LogP contribution is 2.32. The van der Waals surface area contributed by atoms with E-state index in [0.717, 1.165) is 38.8 Å². The molecule has 3 heterocycles. The second kappa shape index (κ2) is 7.15. The van der Waals surface area contributed by atoms with Crippen molar-refractivity contribution in [2.75, 3.05) is 0 Å². The van der Waals surface area contributed by atoms with Gasteiger partial charge in [0.2, 0.25) is 5.88 Å². The van der Waals surface area contributed by atoms with Crippen LogP contribution in [0.4, 0.5) is 0 Å². The zero-order valence-electron chi connectivity index (χ0n) is 16.5. The van der Waals surface area contributed by atoms with Gasteiger partial charge in [0.25, 0.3) is 0 Å². The van der Waals surface area contributed by atoms with E-state index in [2.05, 4.69) is 34.3 Å². The molecule has 0 fully saturated rings. The molecule has 0 aliphatic rings. The quantitative estimate of drug-likeness (QED) is 0.332. The SMILES string of the molecule is c1ccc(Oc2cccc(-n3cc(-c4ccc5c(c4)oc4ccccc45)cn3)c2)nc1. The van der Waals surface area contributed by atoms with Crippen molar-refractivity contribution >= 4 is 21.9 Å². The summed E-state index contributed by atoms with van der Waals surface area (Å²) in [5.74, 6) is 1.26. The summed E-state index contributed by atoms with van der Waals surface area (Å²) in [4.78, 5) is 4.21. The van der Waals surface area contributed by atoms with Crippen molar-refractivity contribution < 1.29 is 9.15 Å². The van der Waals surface area contributed by atoms with Gasteiger partial charge in [-0.1, -0.05) is 36.4 Å². The van der Waals surface area contributed by atoms with Crippen LogP contribution in [0.5, 0.6) is 11.6 Å². The Balaban J connectivity index is 1.33. The molecule has 0 saturated carbocycles. The lowest BCUT2D eigenvalue weighted by Crippen LogP contribution is -1.95. The lowest BCUT2D eigenvalue weighted by atomic mass is 10.1. The third-order valence-corrected chi connectivity index (χ3v) is 5.24. The number of hydrogen-bond donors (Lipinski definition) is 0. The summed E-state index contributed by atoms with van der Waals surface area (Å²) in [5, 5.41) is 6.79. The molecular formula is C26H17N3O2. The fraction of sp³-hybridized carbons (Fsp3) is 0. The minimum atomic E-state index is 0.556. The number of hydrogen-bond acceptors (Lipinski definition) is 4. The third-order valence-electron chi connectivity index (χ3n) is 5.24. The summed E-state index contributed by atoms with van der Waals surface area (Å²) in [6, 6.07) is 27.7. The predicted molar refractivity (Wildman–Crippen MR) is 121 cm³/mol. The maximum Gasteiger partial charge on any atom is 0.219 e. The first kappa shape index (κ1) is 17.5. The van der Waals surface area contributed by atoms with E-state index in [1.165, 1.54) is 0 Å². The first-order valence-corrected chi connectivity index (χ1v) is 9.99. The number of nitrogens with zero attached hydrogens (tertiary/aromatic N) is 3. The van der Waals surface area contributed by atoms with Crippen molar-refractivity contribution in [2.45, 2.75) is 0 Å². The van der Waals surface area contributed by atoms with Crippen molar-refractivity contribution in [3.8, 4) is 28.4 Å². The number of fused-ring (bicyclic) bond motifs is 3. The molecule has 5 nitrogen and oxygen atoms in total. The van der Waals surface area contributed by atoms with Crippen molar-refractivity contribution in [1.29, 1.82) is 0 Å². The average molecular weight is 403 g/mol. The summed E-state index contributed by atoms with van der Waals surface area (Å²) >= 11 is 0. The van der Waals surface area contributed by atoms with Crippen molar-refractivity contribution in [2.24, 2.45) is 0 Å². The molecule has 0 aliphatic carbocycles. The van der Waals surface area contributed by atoms with E-state index < -0.39 is 0 Å². The lowest BCUT2D eigenvalue weighted by molar-refractivity contribution is 0.462. The Hall–Kier alpha value is -4.38. The number of aromatic nitrogens is 3. The molecule has 6 rings (SSSR count). The van der Waals surface area contributed by atoms with Crippen molar-refractivity contribution in [3.63, 3.8) is 0 Å². The molecule has 0 spiro atoms. The van der Waals surface area contributed by atoms with Gasteiger partial charge >= 0.3 is 0 Å². The summed E-state index contributed by atoms with van der Waals surface area (Å²) in [6.07, 6.45) is 5.57. The van der Waals surface area contributed by atoms with Gasteiger partial charge in [0.1, 0.15) is 16.9 Å². The van der Waals surface area contributed by atoms with Crippen LogP contribution in [0.2, 0.25) is 0 Å². The Morgan fingerprint density at radius 3 is 2.58 bits per heavy atom. The summed E-state index contributed by atoms with van der Waals surface area (Å²) < 4.78 is 13.7. The van der Waals surface area contributed by atoms with Crippen LogP contribution >= 0.6 is 0 Å². The first-order chi connectivity index (χ1) is 15.3. The zero-order valence-corrected chi connectivity index (χ0v) is 16.5. The monoisotopic (exact) mass is 403 g/mol. The minimum Gasteiger partial charge on any atom is -0.456 e. The number of furan rings is 1. The molecule has 3 aromatic heterocycles. The standard InChI is InChI=1S/C26H17N3O2/c1-2-9-24-22(8-1)23-12-11-18(14-25(23)31-24)19-16-28-29(17-19)20-6-5-7-21(15-20)30-26-10-3-4-13-27-26/h1-17H. The van der Waals surface area contributed by atoms with E-state index in [0.29, 0.717) is 11.6 Å². The largest absolute Gasteiger partial charge is 0.456 e. The minimum absolute atomic E-state index is 0.556. The Morgan fingerprint density at radius 2 is 1.65 bits per heavy atom. The third kappa shape index (κ3) is 3.22. The highest BCUT2D eigenvalue weighted by molar-refractivity contribution is 6.05. The lowest BCUT2D eigenvalue weighted by Gasteiger charge is -2.06. The Bertz CT molecular complexity index is 1520. The number of rotatable bonds is 4. The van der Waals surface area contributed by atoms with Gasteiger partial charge in [0, 0.05) is 40.9 Å². The maximum atomic E-state index is 6.03.